The predicted octanol–water partition coefficient (Wildman–Crippen LogP) is 0.945. The van der Waals surface area contributed by atoms with E-state index in [1.165, 1.54) is 0 Å². The maximum absolute atomic E-state index is 10.9. The minimum atomic E-state index is -0.343. The molecule has 1 atom stereocenters. The number of nitrogens with two attached hydrogens (primary N) is 2. The average molecular weight is 193 g/mol. The minimum absolute atomic E-state index is 0.321. The fraction of sp³-hybridized carbons (Fsp3) is 0.300. The Labute approximate surface area is 83.3 Å². The second-order valence-corrected chi connectivity index (χ2v) is 3.13. The topological polar surface area (TPSA) is 81.1 Å². The van der Waals surface area contributed by atoms with Crippen LogP contribution in [0.3, 0.4) is 0 Å². The number of carbonyl (C=O) groups excluding carboxylic acids is 1. The molecule has 0 bridgehead atoms. The highest BCUT2D eigenvalue weighted by Crippen LogP contribution is 2.12. The number of carbonyl (C=O) groups is 1. The minimum Gasteiger partial charge on any atom is -0.399 e. The molecule has 0 saturated heterocycles. The first kappa shape index (κ1) is 10.4. The van der Waals surface area contributed by atoms with E-state index in [1.54, 1.807) is 12.1 Å². The Morgan fingerprint density at radius 3 is 2.43 bits per heavy atom. The van der Waals surface area contributed by atoms with E-state index in [1.807, 2.05) is 19.1 Å². The van der Waals surface area contributed by atoms with Crippen molar-refractivity contribution >= 4 is 17.3 Å². The van der Waals surface area contributed by atoms with Crippen LogP contribution in [0.4, 0.5) is 11.4 Å². The number of hydrogen-bond donors (Lipinski definition) is 3. The van der Waals surface area contributed by atoms with Crippen molar-refractivity contribution in [3.05, 3.63) is 24.3 Å². The van der Waals surface area contributed by atoms with E-state index in [4.69, 9.17) is 11.5 Å². The van der Waals surface area contributed by atoms with Crippen molar-refractivity contribution in [3.8, 4) is 0 Å². The number of rotatable bonds is 4. The Morgan fingerprint density at radius 1 is 1.43 bits per heavy atom. The Bertz CT molecular complexity index is 308. The molecule has 1 aromatic rings. The molecule has 0 saturated carbocycles. The van der Waals surface area contributed by atoms with E-state index in [0.29, 0.717) is 12.1 Å². The predicted molar refractivity (Wildman–Crippen MR) is 57.8 cm³/mol. The average Bonchev–Trinajstić information content (AvgIpc) is 2.16. The number of benzene rings is 1. The third-order valence-corrected chi connectivity index (χ3v) is 2.00. The van der Waals surface area contributed by atoms with Gasteiger partial charge < -0.3 is 16.8 Å². The lowest BCUT2D eigenvalue weighted by molar-refractivity contribution is -0.118. The first-order valence-electron chi connectivity index (χ1n) is 4.55. The van der Waals surface area contributed by atoms with Gasteiger partial charge in [-0.25, -0.2) is 0 Å². The Morgan fingerprint density at radius 2 is 2.00 bits per heavy atom. The van der Waals surface area contributed by atoms with Gasteiger partial charge in [0.25, 0.3) is 0 Å². The highest BCUT2D eigenvalue weighted by molar-refractivity contribution is 5.82. The van der Waals surface area contributed by atoms with Crippen molar-refractivity contribution in [2.45, 2.75) is 19.4 Å². The lowest BCUT2D eigenvalue weighted by Gasteiger charge is -2.14. The van der Waals surface area contributed by atoms with Crippen molar-refractivity contribution in [2.75, 3.05) is 11.1 Å². The fourth-order valence-corrected chi connectivity index (χ4v) is 1.15. The molecule has 0 radical (unpaired) electrons. The van der Waals surface area contributed by atoms with Gasteiger partial charge in [-0.2, -0.15) is 0 Å². The van der Waals surface area contributed by atoms with Crippen molar-refractivity contribution in [1.82, 2.24) is 0 Å². The number of amides is 1. The van der Waals surface area contributed by atoms with Crippen LogP contribution >= 0.6 is 0 Å². The molecule has 5 N–H and O–H groups in total. The molecule has 1 amide bonds. The van der Waals surface area contributed by atoms with Gasteiger partial charge in [0.1, 0.15) is 6.04 Å². The molecule has 0 spiro atoms. The zero-order valence-electron chi connectivity index (χ0n) is 8.16. The van der Waals surface area contributed by atoms with Crippen LogP contribution in [-0.2, 0) is 4.79 Å². The van der Waals surface area contributed by atoms with E-state index < -0.39 is 0 Å². The Hall–Kier alpha value is -1.71. The molecule has 0 aliphatic heterocycles. The second kappa shape index (κ2) is 4.50. The first-order chi connectivity index (χ1) is 6.63. The lowest BCUT2D eigenvalue weighted by atomic mass is 10.2. The van der Waals surface area contributed by atoms with E-state index in [0.717, 1.165) is 5.69 Å². The van der Waals surface area contributed by atoms with Crippen LogP contribution in [0.15, 0.2) is 24.3 Å². The number of nitrogens with one attached hydrogen (secondary N) is 1. The van der Waals surface area contributed by atoms with Crippen LogP contribution in [-0.4, -0.2) is 11.9 Å². The molecule has 4 nitrogen and oxygen atoms in total. The van der Waals surface area contributed by atoms with E-state index in [9.17, 15) is 4.79 Å². The van der Waals surface area contributed by atoms with Crippen LogP contribution < -0.4 is 16.8 Å². The number of hydrogen-bond acceptors (Lipinski definition) is 3. The smallest absolute Gasteiger partial charge is 0.239 e. The molecule has 4 heteroatoms. The van der Waals surface area contributed by atoms with Crippen LogP contribution in [0, 0.1) is 0 Å². The summed E-state index contributed by atoms with van der Waals surface area (Å²) in [4.78, 5) is 10.9. The third-order valence-electron chi connectivity index (χ3n) is 2.00. The molecule has 14 heavy (non-hydrogen) atoms. The second-order valence-electron chi connectivity index (χ2n) is 3.13. The molecule has 0 fully saturated rings. The highest BCUT2D eigenvalue weighted by atomic mass is 16.1. The van der Waals surface area contributed by atoms with Gasteiger partial charge in [0.15, 0.2) is 0 Å². The summed E-state index contributed by atoms with van der Waals surface area (Å²) in [6.45, 7) is 1.90. The summed E-state index contributed by atoms with van der Waals surface area (Å²) >= 11 is 0. The monoisotopic (exact) mass is 193 g/mol. The van der Waals surface area contributed by atoms with Crippen molar-refractivity contribution in [1.29, 1.82) is 0 Å². The molecule has 0 aliphatic carbocycles. The van der Waals surface area contributed by atoms with E-state index in [-0.39, 0.29) is 11.9 Å². The fourth-order valence-electron chi connectivity index (χ4n) is 1.15. The maximum atomic E-state index is 10.9. The zero-order valence-corrected chi connectivity index (χ0v) is 8.16. The largest absolute Gasteiger partial charge is 0.399 e. The summed E-state index contributed by atoms with van der Waals surface area (Å²) in [6.07, 6.45) is 0.666. The van der Waals surface area contributed by atoms with Gasteiger partial charge in [0, 0.05) is 11.4 Å². The summed E-state index contributed by atoms with van der Waals surface area (Å²) < 4.78 is 0. The number of primary amides is 1. The van der Waals surface area contributed by atoms with Gasteiger partial charge in [0.05, 0.1) is 0 Å². The molecule has 1 unspecified atom stereocenters. The van der Waals surface area contributed by atoms with E-state index in [2.05, 4.69) is 5.32 Å². The molecule has 0 aromatic heterocycles. The summed E-state index contributed by atoms with van der Waals surface area (Å²) in [5, 5.41) is 3.03. The summed E-state index contributed by atoms with van der Waals surface area (Å²) in [5.74, 6) is -0.343. The van der Waals surface area contributed by atoms with Crippen molar-refractivity contribution < 1.29 is 4.79 Å². The molecule has 76 valence electrons. The van der Waals surface area contributed by atoms with Crippen molar-refractivity contribution in [3.63, 3.8) is 0 Å². The Kier molecular flexibility index (Phi) is 3.34. The molecular formula is C10H15N3O. The molecule has 0 heterocycles. The van der Waals surface area contributed by atoms with Gasteiger partial charge in [-0.3, -0.25) is 4.79 Å². The summed E-state index contributed by atoms with van der Waals surface area (Å²) in [6, 6.07) is 6.87. The molecular weight excluding hydrogens is 178 g/mol. The van der Waals surface area contributed by atoms with Crippen molar-refractivity contribution in [2.24, 2.45) is 5.73 Å². The van der Waals surface area contributed by atoms with Gasteiger partial charge in [-0.1, -0.05) is 6.92 Å². The maximum Gasteiger partial charge on any atom is 0.239 e. The quantitative estimate of drug-likeness (QED) is 0.622. The number of anilines is 2. The SMILES string of the molecule is CCC(Nc1ccc(N)cc1)C(N)=O. The lowest BCUT2D eigenvalue weighted by Crippen LogP contribution is -2.34. The van der Waals surface area contributed by atoms with Crippen LogP contribution in [0.2, 0.25) is 0 Å². The van der Waals surface area contributed by atoms with Crippen LogP contribution in [0.1, 0.15) is 13.3 Å². The first-order valence-corrected chi connectivity index (χ1v) is 4.55. The van der Waals surface area contributed by atoms with Gasteiger partial charge in [-0.15, -0.1) is 0 Å². The normalized spacial score (nSPS) is 12.1. The molecule has 1 rings (SSSR count). The zero-order chi connectivity index (χ0) is 10.6. The third kappa shape index (κ3) is 2.65. The number of nitrogen functional groups attached to an aromatic ring is 1. The summed E-state index contributed by atoms with van der Waals surface area (Å²) in [5.41, 5.74) is 12.3. The molecule has 1 aromatic carbocycles. The van der Waals surface area contributed by atoms with Gasteiger partial charge in [0.2, 0.25) is 5.91 Å². The summed E-state index contributed by atoms with van der Waals surface area (Å²) in [7, 11) is 0. The van der Waals surface area contributed by atoms with Gasteiger partial charge >= 0.3 is 0 Å². The van der Waals surface area contributed by atoms with Crippen LogP contribution in [0.5, 0.6) is 0 Å². The molecule has 0 aliphatic rings. The standard InChI is InChI=1S/C10H15N3O/c1-2-9(10(12)14)13-8-5-3-7(11)4-6-8/h3-6,9,13H,2,11H2,1H3,(H2,12,14). The van der Waals surface area contributed by atoms with Crippen LogP contribution in [0.25, 0.3) is 0 Å². The highest BCUT2D eigenvalue weighted by Gasteiger charge is 2.11. The van der Waals surface area contributed by atoms with E-state index >= 15 is 0 Å². The Balaban J connectivity index is 2.67. The van der Waals surface area contributed by atoms with Gasteiger partial charge in [-0.05, 0) is 30.7 Å².